The molecule has 0 unspecified atom stereocenters. The van der Waals surface area contributed by atoms with Crippen molar-refractivity contribution in [2.45, 2.75) is 26.2 Å². The molecule has 0 aromatic heterocycles. The average Bonchev–Trinajstić information content (AvgIpc) is 3.01. The molecule has 1 heterocycles. The van der Waals surface area contributed by atoms with Crippen molar-refractivity contribution in [2.24, 2.45) is 17.8 Å². The van der Waals surface area contributed by atoms with Crippen LogP contribution in [-0.4, -0.2) is 51.2 Å². The Hall–Kier alpha value is -0.390. The van der Waals surface area contributed by atoms with Crippen molar-refractivity contribution in [1.82, 2.24) is 4.31 Å². The average molecular weight is 299 g/mol. The van der Waals surface area contributed by atoms with Gasteiger partial charge in [-0.2, -0.15) is 4.31 Å². The fourth-order valence-electron chi connectivity index (χ4n) is 4.17. The highest BCUT2D eigenvalue weighted by atomic mass is 32.2. The van der Waals surface area contributed by atoms with Gasteiger partial charge in [-0.05, 0) is 31.1 Å². The highest BCUT2D eigenvalue weighted by molar-refractivity contribution is 7.89. The first kappa shape index (κ1) is 14.5. The van der Waals surface area contributed by atoms with E-state index in [4.69, 9.17) is 0 Å². The minimum Gasteiger partial charge on any atom is -0.333 e. The summed E-state index contributed by atoms with van der Waals surface area (Å²) >= 11 is 0. The quantitative estimate of drug-likeness (QED) is 0.734. The van der Waals surface area contributed by atoms with E-state index in [-0.39, 0.29) is 0 Å². The molecule has 1 saturated heterocycles. The number of fused-ring (bicyclic) bond motifs is 2. The Morgan fingerprint density at radius 3 is 2.50 bits per heavy atom. The van der Waals surface area contributed by atoms with Gasteiger partial charge in [0.1, 0.15) is 0 Å². The molecule has 20 heavy (non-hydrogen) atoms. The Morgan fingerprint density at radius 2 is 1.95 bits per heavy atom. The van der Waals surface area contributed by atoms with Gasteiger partial charge in [0.15, 0.2) is 0 Å². The van der Waals surface area contributed by atoms with Gasteiger partial charge in [-0.15, -0.1) is 0 Å². The fraction of sp³-hybridized carbons (Fsp3) is 0.867. The minimum atomic E-state index is -2.98. The lowest BCUT2D eigenvalue weighted by Crippen LogP contribution is -3.15. The summed E-state index contributed by atoms with van der Waals surface area (Å²) in [6.07, 6.45) is 8.26. The maximum Gasteiger partial charge on any atom is 0.214 e. The number of quaternary nitrogens is 1. The zero-order valence-corrected chi connectivity index (χ0v) is 13.2. The van der Waals surface area contributed by atoms with E-state index in [0.717, 1.165) is 30.8 Å². The Kier molecular flexibility index (Phi) is 4.20. The molecule has 0 amide bonds. The van der Waals surface area contributed by atoms with E-state index in [2.05, 4.69) is 12.2 Å². The fourth-order valence-corrected chi connectivity index (χ4v) is 5.68. The van der Waals surface area contributed by atoms with Crippen molar-refractivity contribution in [3.63, 3.8) is 0 Å². The van der Waals surface area contributed by atoms with Gasteiger partial charge in [0, 0.05) is 5.92 Å². The third kappa shape index (κ3) is 2.95. The van der Waals surface area contributed by atoms with Gasteiger partial charge in [0.25, 0.3) is 0 Å². The van der Waals surface area contributed by atoms with E-state index in [0.29, 0.717) is 25.3 Å². The number of piperazine rings is 1. The molecule has 2 aliphatic carbocycles. The van der Waals surface area contributed by atoms with Gasteiger partial charge in [0.05, 0.1) is 38.5 Å². The number of hydrogen-bond donors (Lipinski definition) is 1. The van der Waals surface area contributed by atoms with Crippen LogP contribution in [0.25, 0.3) is 0 Å². The highest BCUT2D eigenvalue weighted by Gasteiger charge is 2.38. The second kappa shape index (κ2) is 5.78. The van der Waals surface area contributed by atoms with Gasteiger partial charge >= 0.3 is 0 Å². The van der Waals surface area contributed by atoms with Crippen LogP contribution in [0.1, 0.15) is 26.2 Å². The van der Waals surface area contributed by atoms with Crippen molar-refractivity contribution in [3.05, 3.63) is 12.2 Å². The standard InChI is InChI=1S/C15H26N2O2S/c1-2-9-20(18,19)17-7-5-16(6-8-17)12-15-11-13-3-4-14(15)10-13/h3-4,13-15H,2,5-12H2,1H3/p+1/t13-,14+,15-/m0/s1. The maximum atomic E-state index is 12.0. The normalized spacial score (nSPS) is 35.0. The third-order valence-electron chi connectivity index (χ3n) is 5.25. The Balaban J connectivity index is 1.48. The number of hydrogen-bond acceptors (Lipinski definition) is 2. The summed E-state index contributed by atoms with van der Waals surface area (Å²) in [7, 11) is -2.98. The van der Waals surface area contributed by atoms with Crippen molar-refractivity contribution >= 4 is 10.0 Å². The first-order valence-electron chi connectivity index (χ1n) is 8.08. The first-order valence-corrected chi connectivity index (χ1v) is 9.69. The molecule has 4 nitrogen and oxygen atoms in total. The van der Waals surface area contributed by atoms with Crippen LogP contribution in [0.4, 0.5) is 0 Å². The van der Waals surface area contributed by atoms with Crippen LogP contribution in [0.2, 0.25) is 0 Å². The lowest BCUT2D eigenvalue weighted by Gasteiger charge is -2.33. The van der Waals surface area contributed by atoms with E-state index < -0.39 is 10.0 Å². The summed E-state index contributed by atoms with van der Waals surface area (Å²) in [4.78, 5) is 1.61. The molecule has 5 heteroatoms. The molecule has 1 N–H and O–H groups in total. The largest absolute Gasteiger partial charge is 0.333 e. The zero-order valence-electron chi connectivity index (χ0n) is 12.4. The lowest BCUT2D eigenvalue weighted by atomic mass is 9.93. The van der Waals surface area contributed by atoms with Crippen LogP contribution in [0.3, 0.4) is 0 Å². The SMILES string of the molecule is CCCS(=O)(=O)N1CC[NH+](C[C@@H]2C[C@H]3C=C[C@@H]2C3)CC1. The summed E-state index contributed by atoms with van der Waals surface area (Å²) in [5, 5.41) is 0. The Morgan fingerprint density at radius 1 is 1.20 bits per heavy atom. The molecule has 2 fully saturated rings. The second-order valence-corrected chi connectivity index (χ2v) is 8.80. The number of nitrogens with zero attached hydrogens (tertiary/aromatic N) is 1. The molecular weight excluding hydrogens is 272 g/mol. The molecule has 0 aromatic rings. The molecule has 0 spiro atoms. The summed E-state index contributed by atoms with van der Waals surface area (Å²) < 4.78 is 25.8. The second-order valence-electron chi connectivity index (χ2n) is 6.71. The molecule has 1 saturated carbocycles. The molecule has 114 valence electrons. The molecular formula is C15H27N2O2S+. The van der Waals surface area contributed by atoms with Crippen molar-refractivity contribution in [2.75, 3.05) is 38.5 Å². The van der Waals surface area contributed by atoms with Crippen LogP contribution in [0, 0.1) is 17.8 Å². The van der Waals surface area contributed by atoms with E-state index in [9.17, 15) is 8.42 Å². The number of sulfonamides is 1. The summed E-state index contributed by atoms with van der Waals surface area (Å²) in [6.45, 7) is 6.58. The van der Waals surface area contributed by atoms with E-state index in [1.54, 1.807) is 9.21 Å². The van der Waals surface area contributed by atoms with Crippen LogP contribution < -0.4 is 4.90 Å². The van der Waals surface area contributed by atoms with E-state index in [1.165, 1.54) is 19.4 Å². The van der Waals surface area contributed by atoms with Crippen LogP contribution in [0.5, 0.6) is 0 Å². The minimum absolute atomic E-state index is 0.305. The predicted octanol–water partition coefficient (Wildman–Crippen LogP) is 0.139. The monoisotopic (exact) mass is 299 g/mol. The van der Waals surface area contributed by atoms with E-state index in [1.807, 2.05) is 6.92 Å². The Labute approximate surface area is 122 Å². The van der Waals surface area contributed by atoms with Crippen molar-refractivity contribution in [1.29, 1.82) is 0 Å². The van der Waals surface area contributed by atoms with Gasteiger partial charge in [-0.25, -0.2) is 8.42 Å². The molecule has 3 atom stereocenters. The molecule has 2 bridgehead atoms. The predicted molar refractivity (Wildman–Crippen MR) is 80.1 cm³/mol. The molecule has 0 aromatic carbocycles. The summed E-state index contributed by atoms with van der Waals surface area (Å²) in [6, 6.07) is 0. The molecule has 1 aliphatic heterocycles. The molecule has 3 rings (SSSR count). The summed E-state index contributed by atoms with van der Waals surface area (Å²) in [5.74, 6) is 2.81. The van der Waals surface area contributed by atoms with Gasteiger partial charge in [-0.3, -0.25) is 0 Å². The third-order valence-corrected chi connectivity index (χ3v) is 7.33. The smallest absolute Gasteiger partial charge is 0.214 e. The molecule has 3 aliphatic rings. The number of nitrogens with one attached hydrogen (secondary N) is 1. The van der Waals surface area contributed by atoms with Crippen LogP contribution in [0.15, 0.2) is 12.2 Å². The topological polar surface area (TPSA) is 41.8 Å². The van der Waals surface area contributed by atoms with Crippen molar-refractivity contribution in [3.8, 4) is 0 Å². The highest BCUT2D eigenvalue weighted by Crippen LogP contribution is 2.42. The van der Waals surface area contributed by atoms with Crippen LogP contribution in [-0.2, 0) is 10.0 Å². The maximum absolute atomic E-state index is 12.0. The number of allylic oxidation sites excluding steroid dienone is 2. The van der Waals surface area contributed by atoms with Gasteiger partial charge in [-0.1, -0.05) is 19.1 Å². The summed E-state index contributed by atoms with van der Waals surface area (Å²) in [5.41, 5.74) is 0. The Bertz CT molecular complexity index is 466. The van der Waals surface area contributed by atoms with Gasteiger partial charge < -0.3 is 4.90 Å². The lowest BCUT2D eigenvalue weighted by molar-refractivity contribution is -0.907. The molecule has 0 radical (unpaired) electrons. The number of rotatable bonds is 5. The van der Waals surface area contributed by atoms with Gasteiger partial charge in [0.2, 0.25) is 10.0 Å². The van der Waals surface area contributed by atoms with Crippen molar-refractivity contribution < 1.29 is 13.3 Å². The van der Waals surface area contributed by atoms with E-state index >= 15 is 0 Å². The zero-order chi connectivity index (χ0) is 14.2. The van der Waals surface area contributed by atoms with Crippen LogP contribution >= 0.6 is 0 Å². The first-order chi connectivity index (χ1) is 9.58.